The van der Waals surface area contributed by atoms with E-state index in [2.05, 4.69) is 33.6 Å². The molecule has 0 spiro atoms. The summed E-state index contributed by atoms with van der Waals surface area (Å²) in [6.45, 7) is 10.2. The number of hydrogen-bond acceptors (Lipinski definition) is 5. The zero-order valence-corrected chi connectivity index (χ0v) is 21.0. The summed E-state index contributed by atoms with van der Waals surface area (Å²) in [7, 11) is 3.64. The van der Waals surface area contributed by atoms with E-state index in [1.807, 2.05) is 43.3 Å². The van der Waals surface area contributed by atoms with Crippen molar-refractivity contribution < 1.29 is 13.2 Å². The maximum Gasteiger partial charge on any atom is 0.391 e. The third-order valence-electron chi connectivity index (χ3n) is 6.00. The van der Waals surface area contributed by atoms with E-state index in [1.165, 1.54) is 51.8 Å². The summed E-state index contributed by atoms with van der Waals surface area (Å²) >= 11 is 0. The van der Waals surface area contributed by atoms with Crippen LogP contribution in [0.15, 0.2) is 48.0 Å². The lowest BCUT2D eigenvalue weighted by atomic mass is 9.89. The summed E-state index contributed by atoms with van der Waals surface area (Å²) in [6, 6.07) is 0. The van der Waals surface area contributed by atoms with Gasteiger partial charge in [0.05, 0.1) is 11.6 Å². The second kappa shape index (κ2) is 15.3. The van der Waals surface area contributed by atoms with E-state index in [-0.39, 0.29) is 12.3 Å². The fourth-order valence-corrected chi connectivity index (χ4v) is 3.71. The molecule has 1 saturated carbocycles. The Balaban J connectivity index is 0.000000332. The minimum absolute atomic E-state index is 0.0116. The standard InChI is InChI=1S/C13H19F3N4.C7H9N.C6H12/c1-5-9(6-8(2)13(14,15)16)10-11(17-3)12(18-4)20-7-19-10;1-7-5-3-4-6-8(7)2;1-2-4-6-5-3-1/h7-9,17H,4-6H2,1-3H3;3-6H,1H2,2H3;1-6H2. The van der Waals surface area contributed by atoms with Gasteiger partial charge in [-0.2, -0.15) is 13.2 Å². The quantitative estimate of drug-likeness (QED) is 0.423. The average molecular weight is 480 g/mol. The van der Waals surface area contributed by atoms with Gasteiger partial charge in [-0.25, -0.2) is 15.0 Å². The van der Waals surface area contributed by atoms with Crippen molar-refractivity contribution in [1.29, 1.82) is 0 Å². The minimum atomic E-state index is -4.19. The molecular weight excluding hydrogens is 439 g/mol. The smallest absolute Gasteiger partial charge is 0.384 e. The van der Waals surface area contributed by atoms with Gasteiger partial charge in [0.2, 0.25) is 0 Å². The molecule has 2 atom stereocenters. The molecule has 0 amide bonds. The molecular formula is C26H40F3N5. The molecule has 5 nitrogen and oxygen atoms in total. The van der Waals surface area contributed by atoms with Crippen molar-refractivity contribution >= 4 is 18.2 Å². The van der Waals surface area contributed by atoms with Gasteiger partial charge in [-0.1, -0.05) is 65.0 Å². The Labute approximate surface area is 203 Å². The van der Waals surface area contributed by atoms with Crippen molar-refractivity contribution in [3.63, 3.8) is 0 Å². The summed E-state index contributed by atoms with van der Waals surface area (Å²) in [5.74, 6) is -1.33. The highest BCUT2D eigenvalue weighted by Gasteiger charge is 2.37. The first-order valence-corrected chi connectivity index (χ1v) is 12.0. The van der Waals surface area contributed by atoms with Gasteiger partial charge < -0.3 is 10.2 Å². The number of anilines is 1. The number of likely N-dealkylation sites (N-methyl/N-ethyl adjacent to an activating group) is 1. The first kappa shape index (κ1) is 29.4. The van der Waals surface area contributed by atoms with Crippen LogP contribution in [0.2, 0.25) is 0 Å². The van der Waals surface area contributed by atoms with Crippen LogP contribution in [0.4, 0.5) is 24.7 Å². The number of aromatic nitrogens is 2. The third kappa shape index (κ3) is 10.1. The van der Waals surface area contributed by atoms with E-state index in [4.69, 9.17) is 0 Å². The number of rotatable bonds is 6. The number of alkyl halides is 3. The molecule has 34 heavy (non-hydrogen) atoms. The lowest BCUT2D eigenvalue weighted by Crippen LogP contribution is -2.22. The van der Waals surface area contributed by atoms with Gasteiger partial charge in [0, 0.05) is 31.9 Å². The maximum atomic E-state index is 12.7. The molecule has 2 aliphatic rings. The summed E-state index contributed by atoms with van der Waals surface area (Å²) in [4.78, 5) is 13.8. The largest absolute Gasteiger partial charge is 0.391 e. The van der Waals surface area contributed by atoms with Crippen LogP contribution in [-0.4, -0.2) is 41.9 Å². The Bertz CT molecular complexity index is 802. The molecule has 1 fully saturated rings. The zero-order valence-electron chi connectivity index (χ0n) is 21.0. The van der Waals surface area contributed by atoms with Crippen LogP contribution in [0.3, 0.4) is 0 Å². The number of hydrogen-bond donors (Lipinski definition) is 1. The number of nitrogens with zero attached hydrogens (tertiary/aromatic N) is 4. The third-order valence-corrected chi connectivity index (χ3v) is 6.00. The van der Waals surface area contributed by atoms with Crippen LogP contribution in [0, 0.1) is 5.92 Å². The first-order valence-electron chi connectivity index (χ1n) is 12.0. The summed E-state index contributed by atoms with van der Waals surface area (Å²) in [5.41, 5.74) is 2.14. The van der Waals surface area contributed by atoms with Gasteiger partial charge in [-0.15, -0.1) is 0 Å². The number of nitrogens with one attached hydrogen (secondary N) is 1. The number of halogens is 3. The highest BCUT2D eigenvalue weighted by Crippen LogP contribution is 2.38. The van der Waals surface area contributed by atoms with Crippen molar-refractivity contribution in [3.05, 3.63) is 48.7 Å². The van der Waals surface area contributed by atoms with Crippen molar-refractivity contribution in [2.45, 2.75) is 77.3 Å². The number of aliphatic imine (C=N–C) groups is 1. The van der Waals surface area contributed by atoms with Crippen LogP contribution >= 0.6 is 0 Å². The van der Waals surface area contributed by atoms with Gasteiger partial charge in [0.1, 0.15) is 12.0 Å². The molecule has 1 aliphatic heterocycles. The molecule has 0 radical (unpaired) electrons. The van der Waals surface area contributed by atoms with Crippen molar-refractivity contribution in [1.82, 2.24) is 14.9 Å². The molecule has 8 heteroatoms. The Hall–Kier alpha value is -2.64. The number of allylic oxidation sites excluding steroid dienone is 3. The van der Waals surface area contributed by atoms with Crippen molar-refractivity contribution in [2.75, 3.05) is 19.4 Å². The van der Waals surface area contributed by atoms with Crippen LogP contribution in [0.5, 0.6) is 0 Å². The second-order valence-electron chi connectivity index (χ2n) is 8.57. The predicted molar refractivity (Wildman–Crippen MR) is 137 cm³/mol. The normalized spacial score (nSPS) is 17.0. The van der Waals surface area contributed by atoms with Gasteiger partial charge in [-0.05, 0) is 31.7 Å². The highest BCUT2D eigenvalue weighted by atomic mass is 19.4. The molecule has 1 aliphatic carbocycles. The molecule has 2 heterocycles. The molecule has 2 unspecified atom stereocenters. The molecule has 0 aromatic carbocycles. The SMILES string of the molecule is C1CCCCC1.C=C1C=CC=CN1C.C=Nc1ncnc(C(CC)CC(C)C(F)(F)F)c1NC. The zero-order chi connectivity index (χ0) is 25.6. The van der Waals surface area contributed by atoms with Crippen LogP contribution < -0.4 is 5.32 Å². The first-order chi connectivity index (χ1) is 16.1. The Morgan fingerprint density at radius 2 is 1.71 bits per heavy atom. The van der Waals surface area contributed by atoms with E-state index in [1.54, 1.807) is 7.05 Å². The minimum Gasteiger partial charge on any atom is -0.384 e. The fraction of sp³-hybridized carbons (Fsp3) is 0.577. The summed E-state index contributed by atoms with van der Waals surface area (Å²) < 4.78 is 38.1. The van der Waals surface area contributed by atoms with E-state index >= 15 is 0 Å². The summed E-state index contributed by atoms with van der Waals surface area (Å²) in [6.07, 6.45) is 14.6. The second-order valence-corrected chi connectivity index (χ2v) is 8.57. The lowest BCUT2D eigenvalue weighted by Gasteiger charge is -2.23. The molecule has 0 saturated heterocycles. The van der Waals surface area contributed by atoms with Crippen LogP contribution in [0.1, 0.15) is 76.8 Å². The Morgan fingerprint density at radius 1 is 1.12 bits per heavy atom. The van der Waals surface area contributed by atoms with Crippen molar-refractivity contribution in [2.24, 2.45) is 10.9 Å². The molecule has 1 N–H and O–H groups in total. The molecule has 0 bridgehead atoms. The van der Waals surface area contributed by atoms with Gasteiger partial charge in [0.15, 0.2) is 5.82 Å². The maximum absolute atomic E-state index is 12.7. The van der Waals surface area contributed by atoms with Gasteiger partial charge in [0.25, 0.3) is 0 Å². The average Bonchev–Trinajstić information content (AvgIpc) is 2.85. The predicted octanol–water partition coefficient (Wildman–Crippen LogP) is 7.79. The van der Waals surface area contributed by atoms with E-state index in [0.717, 1.165) is 5.70 Å². The molecule has 1 aromatic rings. The molecule has 3 rings (SSSR count). The highest BCUT2D eigenvalue weighted by molar-refractivity contribution is 5.66. The Kier molecular flexibility index (Phi) is 13.2. The van der Waals surface area contributed by atoms with Crippen LogP contribution in [0.25, 0.3) is 0 Å². The van der Waals surface area contributed by atoms with E-state index in [0.29, 0.717) is 23.6 Å². The molecule has 190 valence electrons. The topological polar surface area (TPSA) is 53.4 Å². The van der Waals surface area contributed by atoms with E-state index < -0.39 is 12.1 Å². The molecule has 1 aromatic heterocycles. The van der Waals surface area contributed by atoms with Crippen molar-refractivity contribution in [3.8, 4) is 0 Å². The Morgan fingerprint density at radius 3 is 2.09 bits per heavy atom. The van der Waals surface area contributed by atoms with E-state index in [9.17, 15) is 13.2 Å². The monoisotopic (exact) mass is 479 g/mol. The summed E-state index contributed by atoms with van der Waals surface area (Å²) in [5, 5.41) is 2.90. The van der Waals surface area contributed by atoms with Crippen LogP contribution in [-0.2, 0) is 0 Å². The van der Waals surface area contributed by atoms with Gasteiger partial charge >= 0.3 is 6.18 Å². The lowest BCUT2D eigenvalue weighted by molar-refractivity contribution is -0.172. The fourth-order valence-electron chi connectivity index (χ4n) is 3.71. The van der Waals surface area contributed by atoms with Gasteiger partial charge in [-0.3, -0.25) is 0 Å².